The zero-order valence-corrected chi connectivity index (χ0v) is 8.75. The zero-order valence-electron chi connectivity index (χ0n) is 8.75. The van der Waals surface area contributed by atoms with Crippen molar-refractivity contribution in [3.05, 3.63) is 17.8 Å². The third-order valence-corrected chi connectivity index (χ3v) is 2.69. The maximum Gasteiger partial charge on any atom is 0.195 e. The minimum Gasteiger partial charge on any atom is -0.449 e. The average molecular weight is 194 g/mol. The first-order valence-corrected chi connectivity index (χ1v) is 5.55. The van der Waals surface area contributed by atoms with E-state index in [0.717, 1.165) is 37.4 Å². The van der Waals surface area contributed by atoms with Crippen LogP contribution in [0.4, 0.5) is 0 Å². The molecule has 14 heavy (non-hydrogen) atoms. The van der Waals surface area contributed by atoms with Crippen molar-refractivity contribution < 1.29 is 4.42 Å². The van der Waals surface area contributed by atoms with Crippen LogP contribution in [0.2, 0.25) is 0 Å². The predicted octanol–water partition coefficient (Wildman–Crippen LogP) is 1.92. The molecule has 3 nitrogen and oxygen atoms in total. The molecule has 0 aliphatic carbocycles. The van der Waals surface area contributed by atoms with Crippen LogP contribution in [0.15, 0.2) is 10.7 Å². The number of nitrogens with zero attached hydrogens (tertiary/aromatic N) is 1. The van der Waals surface area contributed by atoms with Gasteiger partial charge in [0.25, 0.3) is 0 Å². The van der Waals surface area contributed by atoms with E-state index in [1.165, 1.54) is 12.8 Å². The minimum atomic E-state index is 0.586. The molecular formula is C11H18N2O. The highest BCUT2D eigenvalue weighted by atomic mass is 16.3. The second-order valence-corrected chi connectivity index (χ2v) is 3.98. The minimum absolute atomic E-state index is 0.586. The molecule has 1 aliphatic rings. The molecule has 1 atom stereocenters. The van der Waals surface area contributed by atoms with Gasteiger partial charge in [-0.25, -0.2) is 4.98 Å². The molecule has 1 aromatic heterocycles. The molecule has 0 spiro atoms. The maximum atomic E-state index is 5.43. The van der Waals surface area contributed by atoms with Gasteiger partial charge in [-0.2, -0.15) is 0 Å². The van der Waals surface area contributed by atoms with Gasteiger partial charge in [-0.3, -0.25) is 0 Å². The van der Waals surface area contributed by atoms with Crippen molar-refractivity contribution in [2.45, 2.75) is 45.1 Å². The number of aryl methyl sites for hydroxylation is 1. The second kappa shape index (κ2) is 4.60. The second-order valence-electron chi connectivity index (χ2n) is 3.98. The van der Waals surface area contributed by atoms with Crippen LogP contribution in [0.5, 0.6) is 0 Å². The molecule has 1 aliphatic heterocycles. The van der Waals surface area contributed by atoms with E-state index in [1.54, 1.807) is 6.26 Å². The number of hydrogen-bond acceptors (Lipinski definition) is 3. The Morgan fingerprint density at radius 3 is 3.29 bits per heavy atom. The SMILES string of the molecule is CCCc1coc(CC2CCCN2)n1. The fourth-order valence-electron chi connectivity index (χ4n) is 1.96. The van der Waals surface area contributed by atoms with Gasteiger partial charge in [0.15, 0.2) is 5.89 Å². The van der Waals surface area contributed by atoms with E-state index in [9.17, 15) is 0 Å². The Morgan fingerprint density at radius 1 is 1.64 bits per heavy atom. The molecule has 1 aromatic rings. The number of nitrogens with one attached hydrogen (secondary N) is 1. The maximum absolute atomic E-state index is 5.43. The van der Waals surface area contributed by atoms with E-state index < -0.39 is 0 Å². The largest absolute Gasteiger partial charge is 0.449 e. The van der Waals surface area contributed by atoms with E-state index in [4.69, 9.17) is 4.42 Å². The van der Waals surface area contributed by atoms with E-state index in [1.807, 2.05) is 0 Å². The van der Waals surface area contributed by atoms with Crippen LogP contribution < -0.4 is 5.32 Å². The molecule has 78 valence electrons. The quantitative estimate of drug-likeness (QED) is 0.795. The van der Waals surface area contributed by atoms with Crippen LogP contribution in [0.3, 0.4) is 0 Å². The third kappa shape index (κ3) is 2.35. The van der Waals surface area contributed by atoms with E-state index in [0.29, 0.717) is 6.04 Å². The molecule has 0 radical (unpaired) electrons. The number of hydrogen-bond donors (Lipinski definition) is 1. The molecule has 0 amide bonds. The van der Waals surface area contributed by atoms with Crippen molar-refractivity contribution in [2.24, 2.45) is 0 Å². The summed E-state index contributed by atoms with van der Waals surface area (Å²) >= 11 is 0. The van der Waals surface area contributed by atoms with Crippen molar-refractivity contribution in [1.29, 1.82) is 0 Å². The van der Waals surface area contributed by atoms with Gasteiger partial charge in [0.05, 0.1) is 5.69 Å². The lowest BCUT2D eigenvalue weighted by molar-refractivity contribution is 0.456. The molecular weight excluding hydrogens is 176 g/mol. The lowest BCUT2D eigenvalue weighted by atomic mass is 10.1. The number of rotatable bonds is 4. The Hall–Kier alpha value is -0.830. The highest BCUT2D eigenvalue weighted by molar-refractivity contribution is 4.98. The van der Waals surface area contributed by atoms with Gasteiger partial charge >= 0.3 is 0 Å². The third-order valence-electron chi connectivity index (χ3n) is 2.69. The monoisotopic (exact) mass is 194 g/mol. The Balaban J connectivity index is 1.88. The van der Waals surface area contributed by atoms with Crippen LogP contribution in [0, 0.1) is 0 Å². The smallest absolute Gasteiger partial charge is 0.195 e. The van der Waals surface area contributed by atoms with Gasteiger partial charge in [-0.1, -0.05) is 13.3 Å². The first-order valence-electron chi connectivity index (χ1n) is 5.55. The predicted molar refractivity (Wildman–Crippen MR) is 55.2 cm³/mol. The van der Waals surface area contributed by atoms with Gasteiger partial charge < -0.3 is 9.73 Å². The van der Waals surface area contributed by atoms with E-state index in [-0.39, 0.29) is 0 Å². The van der Waals surface area contributed by atoms with Crippen molar-refractivity contribution in [3.63, 3.8) is 0 Å². The highest BCUT2D eigenvalue weighted by Crippen LogP contribution is 2.12. The average Bonchev–Trinajstić information content (AvgIpc) is 2.79. The Labute approximate surface area is 84.9 Å². The molecule has 1 N–H and O–H groups in total. The summed E-state index contributed by atoms with van der Waals surface area (Å²) in [6.07, 6.45) is 7.45. The van der Waals surface area contributed by atoms with Gasteiger partial charge in [-0.15, -0.1) is 0 Å². The van der Waals surface area contributed by atoms with Gasteiger partial charge in [-0.05, 0) is 25.8 Å². The molecule has 2 rings (SSSR count). The topological polar surface area (TPSA) is 38.1 Å². The van der Waals surface area contributed by atoms with Crippen LogP contribution in [-0.4, -0.2) is 17.6 Å². The molecule has 3 heteroatoms. The molecule has 0 bridgehead atoms. The summed E-state index contributed by atoms with van der Waals surface area (Å²) in [7, 11) is 0. The molecule has 2 heterocycles. The van der Waals surface area contributed by atoms with Crippen molar-refractivity contribution in [3.8, 4) is 0 Å². The Morgan fingerprint density at radius 2 is 2.57 bits per heavy atom. The summed E-state index contributed by atoms with van der Waals surface area (Å²) < 4.78 is 5.43. The fourth-order valence-corrected chi connectivity index (χ4v) is 1.96. The highest BCUT2D eigenvalue weighted by Gasteiger charge is 2.16. The summed E-state index contributed by atoms with van der Waals surface area (Å²) in [5.41, 5.74) is 1.10. The summed E-state index contributed by atoms with van der Waals surface area (Å²) in [5.74, 6) is 0.896. The Bertz CT molecular complexity index is 277. The summed E-state index contributed by atoms with van der Waals surface area (Å²) in [4.78, 5) is 4.46. The normalized spacial score (nSPS) is 21.6. The first kappa shape index (κ1) is 9.71. The fraction of sp³-hybridized carbons (Fsp3) is 0.727. The van der Waals surface area contributed by atoms with Crippen LogP contribution in [-0.2, 0) is 12.8 Å². The molecule has 0 saturated carbocycles. The lowest BCUT2D eigenvalue weighted by Crippen LogP contribution is -2.23. The summed E-state index contributed by atoms with van der Waals surface area (Å²) in [6.45, 7) is 3.31. The first-order chi connectivity index (χ1) is 6.88. The van der Waals surface area contributed by atoms with Gasteiger partial charge in [0.2, 0.25) is 0 Å². The van der Waals surface area contributed by atoms with E-state index >= 15 is 0 Å². The number of oxazole rings is 1. The van der Waals surface area contributed by atoms with Gasteiger partial charge in [0, 0.05) is 12.5 Å². The van der Waals surface area contributed by atoms with Crippen LogP contribution >= 0.6 is 0 Å². The zero-order chi connectivity index (χ0) is 9.80. The van der Waals surface area contributed by atoms with Crippen molar-refractivity contribution in [2.75, 3.05) is 6.54 Å². The summed E-state index contributed by atoms with van der Waals surface area (Å²) in [6, 6.07) is 0.586. The Kier molecular flexibility index (Phi) is 3.19. The van der Waals surface area contributed by atoms with Crippen LogP contribution in [0.1, 0.15) is 37.8 Å². The molecule has 0 aromatic carbocycles. The number of aromatic nitrogens is 1. The molecule has 1 saturated heterocycles. The molecule has 1 unspecified atom stereocenters. The van der Waals surface area contributed by atoms with Crippen molar-refractivity contribution >= 4 is 0 Å². The standard InChI is InChI=1S/C11H18N2O/c1-2-4-10-8-14-11(13-10)7-9-5-3-6-12-9/h8-9,12H,2-7H2,1H3. The van der Waals surface area contributed by atoms with Crippen molar-refractivity contribution in [1.82, 2.24) is 10.3 Å². The van der Waals surface area contributed by atoms with Gasteiger partial charge in [0.1, 0.15) is 6.26 Å². The van der Waals surface area contributed by atoms with Crippen LogP contribution in [0.25, 0.3) is 0 Å². The summed E-state index contributed by atoms with van der Waals surface area (Å²) in [5, 5.41) is 3.45. The lowest BCUT2D eigenvalue weighted by Gasteiger charge is -2.05. The molecule has 1 fully saturated rings. The van der Waals surface area contributed by atoms with E-state index in [2.05, 4.69) is 17.2 Å².